The maximum absolute atomic E-state index is 10.9. The predicted molar refractivity (Wildman–Crippen MR) is 61.5 cm³/mol. The Labute approximate surface area is 95.3 Å². The molecule has 0 heterocycles. The van der Waals surface area contributed by atoms with E-state index in [1.54, 1.807) is 12.1 Å². The Morgan fingerprint density at radius 3 is 2.62 bits per heavy atom. The van der Waals surface area contributed by atoms with Crippen molar-refractivity contribution >= 4 is 5.97 Å². The minimum atomic E-state index is -0.370. The minimum absolute atomic E-state index is 0.0275. The Morgan fingerprint density at radius 2 is 2.12 bits per heavy atom. The lowest BCUT2D eigenvalue weighted by Crippen LogP contribution is -2.09. The number of carbonyl (C=O) groups is 1. The van der Waals surface area contributed by atoms with Gasteiger partial charge in [-0.25, -0.2) is 0 Å². The van der Waals surface area contributed by atoms with Crippen LogP contribution in [0.2, 0.25) is 0 Å². The van der Waals surface area contributed by atoms with Crippen molar-refractivity contribution in [1.82, 2.24) is 0 Å². The van der Waals surface area contributed by atoms with Crippen LogP contribution in [0.4, 0.5) is 0 Å². The second kappa shape index (κ2) is 5.51. The molecule has 1 aromatic carbocycles. The molecule has 16 heavy (non-hydrogen) atoms. The fourth-order valence-electron chi connectivity index (χ4n) is 1.39. The van der Waals surface area contributed by atoms with E-state index in [0.717, 1.165) is 12.0 Å². The summed E-state index contributed by atoms with van der Waals surface area (Å²) in [6.45, 7) is 3.36. The highest BCUT2D eigenvalue weighted by Crippen LogP contribution is 2.30. The van der Waals surface area contributed by atoms with Crippen LogP contribution >= 0.6 is 0 Å². The zero-order valence-corrected chi connectivity index (χ0v) is 9.82. The molecule has 0 radical (unpaired) electrons. The number of rotatable bonds is 4. The summed E-state index contributed by atoms with van der Waals surface area (Å²) in [7, 11) is 1.53. The zero-order valence-electron chi connectivity index (χ0n) is 9.82. The van der Waals surface area contributed by atoms with Crippen molar-refractivity contribution in [3.05, 3.63) is 23.8 Å². The Hall–Kier alpha value is -1.55. The maximum atomic E-state index is 10.9. The summed E-state index contributed by atoms with van der Waals surface area (Å²) < 4.78 is 10.1. The minimum Gasteiger partial charge on any atom is -0.493 e. The van der Waals surface area contributed by atoms with Gasteiger partial charge in [0.2, 0.25) is 0 Å². The van der Waals surface area contributed by atoms with Gasteiger partial charge in [0.05, 0.1) is 7.11 Å². The summed E-state index contributed by atoms with van der Waals surface area (Å²) in [5, 5.41) is 0. The van der Waals surface area contributed by atoms with Gasteiger partial charge in [-0.15, -0.1) is 0 Å². The number of carbonyl (C=O) groups excluding carboxylic acids is 1. The lowest BCUT2D eigenvalue weighted by atomic mass is 10.1. The molecule has 0 aliphatic rings. The summed E-state index contributed by atoms with van der Waals surface area (Å²) in [6.07, 6.45) is 0.843. The molecule has 0 saturated carbocycles. The fraction of sp³-hybridized carbons (Fsp3) is 0.417. The molecule has 4 nitrogen and oxygen atoms in total. The van der Waals surface area contributed by atoms with E-state index in [0.29, 0.717) is 11.5 Å². The molecule has 0 aliphatic heterocycles. The summed E-state index contributed by atoms with van der Waals surface area (Å²) in [6, 6.07) is 5.31. The van der Waals surface area contributed by atoms with Gasteiger partial charge in [-0.3, -0.25) is 4.79 Å². The van der Waals surface area contributed by atoms with Gasteiger partial charge in [-0.1, -0.05) is 13.0 Å². The zero-order chi connectivity index (χ0) is 12.1. The molecule has 4 heteroatoms. The largest absolute Gasteiger partial charge is 0.493 e. The van der Waals surface area contributed by atoms with E-state index in [4.69, 9.17) is 15.2 Å². The van der Waals surface area contributed by atoms with Crippen molar-refractivity contribution in [3.63, 3.8) is 0 Å². The number of ether oxygens (including phenoxy) is 2. The van der Waals surface area contributed by atoms with Crippen LogP contribution < -0.4 is 15.2 Å². The molecule has 88 valence electrons. The van der Waals surface area contributed by atoms with Crippen LogP contribution in [-0.2, 0) is 4.79 Å². The van der Waals surface area contributed by atoms with E-state index in [-0.39, 0.29) is 12.0 Å². The molecule has 1 aromatic rings. The molecule has 1 rings (SSSR count). The molecule has 0 saturated heterocycles. The molecule has 0 unspecified atom stereocenters. The van der Waals surface area contributed by atoms with Gasteiger partial charge < -0.3 is 15.2 Å². The van der Waals surface area contributed by atoms with E-state index in [1.807, 2.05) is 13.0 Å². The number of benzene rings is 1. The van der Waals surface area contributed by atoms with Gasteiger partial charge in [0.25, 0.3) is 0 Å². The third-order valence-electron chi connectivity index (χ3n) is 2.31. The number of methoxy groups -OCH3 is 1. The highest BCUT2D eigenvalue weighted by Gasteiger charge is 2.10. The monoisotopic (exact) mass is 223 g/mol. The second-order valence-corrected chi connectivity index (χ2v) is 3.52. The van der Waals surface area contributed by atoms with E-state index in [9.17, 15) is 4.79 Å². The third-order valence-corrected chi connectivity index (χ3v) is 2.31. The molecule has 0 aliphatic carbocycles. The van der Waals surface area contributed by atoms with Crippen LogP contribution in [0.25, 0.3) is 0 Å². The molecule has 0 fully saturated rings. The van der Waals surface area contributed by atoms with Crippen LogP contribution in [-0.4, -0.2) is 13.1 Å². The average molecular weight is 223 g/mol. The van der Waals surface area contributed by atoms with E-state index >= 15 is 0 Å². The van der Waals surface area contributed by atoms with Crippen LogP contribution in [0.3, 0.4) is 0 Å². The van der Waals surface area contributed by atoms with Gasteiger partial charge in [0.15, 0.2) is 11.5 Å². The standard InChI is InChI=1S/C12H17NO3/c1-4-10(13)9-5-6-11(16-8(2)14)12(7-9)15-3/h5-7,10H,4,13H2,1-3H3/t10-/m0/s1. The molecule has 0 bridgehead atoms. The van der Waals surface area contributed by atoms with Crippen molar-refractivity contribution in [2.45, 2.75) is 26.3 Å². The highest BCUT2D eigenvalue weighted by molar-refractivity contribution is 5.70. The number of esters is 1. The quantitative estimate of drug-likeness (QED) is 0.626. The first-order valence-electron chi connectivity index (χ1n) is 5.20. The van der Waals surface area contributed by atoms with Crippen molar-refractivity contribution in [1.29, 1.82) is 0 Å². The van der Waals surface area contributed by atoms with Crippen molar-refractivity contribution < 1.29 is 14.3 Å². The van der Waals surface area contributed by atoms with Crippen LogP contribution in [0, 0.1) is 0 Å². The van der Waals surface area contributed by atoms with Gasteiger partial charge >= 0.3 is 5.97 Å². The topological polar surface area (TPSA) is 61.5 Å². The first-order valence-corrected chi connectivity index (χ1v) is 5.20. The summed E-state index contributed by atoms with van der Waals surface area (Å²) in [5.41, 5.74) is 6.87. The van der Waals surface area contributed by atoms with Crippen molar-refractivity contribution in [2.24, 2.45) is 5.73 Å². The second-order valence-electron chi connectivity index (χ2n) is 3.52. The normalized spacial score (nSPS) is 12.0. The Kier molecular flexibility index (Phi) is 4.31. The number of nitrogens with two attached hydrogens (primary N) is 1. The van der Waals surface area contributed by atoms with Crippen LogP contribution in [0.15, 0.2) is 18.2 Å². The molecule has 0 aromatic heterocycles. The number of hydrogen-bond donors (Lipinski definition) is 1. The third kappa shape index (κ3) is 2.97. The van der Waals surface area contributed by atoms with Crippen molar-refractivity contribution in [2.75, 3.05) is 7.11 Å². The lowest BCUT2D eigenvalue weighted by molar-refractivity contribution is -0.132. The van der Waals surface area contributed by atoms with Gasteiger partial charge in [0.1, 0.15) is 0 Å². The molecular weight excluding hydrogens is 206 g/mol. The SMILES string of the molecule is CC[C@H](N)c1ccc(OC(C)=O)c(OC)c1. The Morgan fingerprint density at radius 1 is 1.44 bits per heavy atom. The average Bonchev–Trinajstić information content (AvgIpc) is 2.27. The highest BCUT2D eigenvalue weighted by atomic mass is 16.6. The molecule has 0 amide bonds. The Bertz CT molecular complexity index is 377. The van der Waals surface area contributed by atoms with E-state index in [2.05, 4.69) is 0 Å². The molecule has 2 N–H and O–H groups in total. The summed E-state index contributed by atoms with van der Waals surface area (Å²) in [4.78, 5) is 10.9. The lowest BCUT2D eigenvalue weighted by Gasteiger charge is -2.13. The predicted octanol–water partition coefficient (Wildman–Crippen LogP) is 2.03. The Balaban J connectivity index is 3.01. The van der Waals surface area contributed by atoms with Crippen molar-refractivity contribution in [3.8, 4) is 11.5 Å². The van der Waals surface area contributed by atoms with Gasteiger partial charge in [-0.05, 0) is 24.1 Å². The van der Waals surface area contributed by atoms with Gasteiger partial charge in [0, 0.05) is 13.0 Å². The van der Waals surface area contributed by atoms with E-state index in [1.165, 1.54) is 14.0 Å². The summed E-state index contributed by atoms with van der Waals surface area (Å²) >= 11 is 0. The molecular formula is C12H17NO3. The first-order chi connectivity index (χ1) is 7.58. The smallest absolute Gasteiger partial charge is 0.308 e. The first kappa shape index (κ1) is 12.5. The van der Waals surface area contributed by atoms with Gasteiger partial charge in [-0.2, -0.15) is 0 Å². The fourth-order valence-corrected chi connectivity index (χ4v) is 1.39. The number of hydrogen-bond acceptors (Lipinski definition) is 4. The summed E-state index contributed by atoms with van der Waals surface area (Å²) in [5.74, 6) is 0.574. The van der Waals surface area contributed by atoms with Crippen LogP contribution in [0.1, 0.15) is 31.9 Å². The maximum Gasteiger partial charge on any atom is 0.308 e. The van der Waals surface area contributed by atoms with Crippen LogP contribution in [0.5, 0.6) is 11.5 Å². The van der Waals surface area contributed by atoms with E-state index < -0.39 is 0 Å². The molecule has 1 atom stereocenters. The molecule has 0 spiro atoms.